The minimum absolute atomic E-state index is 0.00755. The van der Waals surface area contributed by atoms with Crippen molar-refractivity contribution in [3.63, 3.8) is 0 Å². The monoisotopic (exact) mass is 685 g/mol. The molecule has 1 aromatic heterocycles. The molecule has 0 saturated heterocycles. The number of hydrogen-bond donors (Lipinski definition) is 2. The summed E-state index contributed by atoms with van der Waals surface area (Å²) >= 11 is 0. The van der Waals surface area contributed by atoms with E-state index in [0.717, 1.165) is 50.8 Å². The molecule has 2 unspecified atom stereocenters. The molecule has 1 heterocycles. The maximum atomic E-state index is 12.4. The van der Waals surface area contributed by atoms with Crippen molar-refractivity contribution in [1.29, 1.82) is 0 Å². The number of carbonyl (C=O) groups excluding carboxylic acids is 1. The lowest BCUT2D eigenvalue weighted by Gasteiger charge is -2.19. The number of unbranched alkanes of at least 4 members (excludes halogenated alkanes) is 17. The third-order valence-corrected chi connectivity index (χ3v) is 9.61. The lowest BCUT2D eigenvalue weighted by Crippen LogP contribution is -2.32. The minimum Gasteiger partial charge on any atom is -0.449 e. The van der Waals surface area contributed by atoms with E-state index < -0.39 is 13.9 Å². The fourth-order valence-electron chi connectivity index (χ4n) is 5.62. The molecule has 1 amide bonds. The first kappa shape index (κ1) is 43.4. The molecule has 0 aliphatic heterocycles. The zero-order valence-corrected chi connectivity index (χ0v) is 31.5. The molecule has 0 saturated carbocycles. The maximum Gasteiger partial charge on any atom is 0.472 e. The molecule has 0 aromatic carbocycles. The molecule has 1 aromatic rings. The molecule has 0 spiro atoms. The van der Waals surface area contributed by atoms with E-state index in [0.29, 0.717) is 13.0 Å². The first-order chi connectivity index (χ1) is 22.8. The van der Waals surface area contributed by atoms with Crippen molar-refractivity contribution >= 4 is 19.6 Å². The van der Waals surface area contributed by atoms with Crippen LogP contribution in [-0.4, -0.2) is 51.4 Å². The van der Waals surface area contributed by atoms with Crippen LogP contribution in [0.25, 0.3) is 0 Å². The molecule has 2 atom stereocenters. The molecular weight excluding hydrogens is 613 g/mol. The lowest BCUT2D eigenvalue weighted by atomic mass is 10.0. The van der Waals surface area contributed by atoms with Crippen molar-refractivity contribution < 1.29 is 32.6 Å². The molecular formula is C37H71N3O6P+. The number of nitrogens with one attached hydrogen (secondary N) is 1. The SMILES string of the molecule is CCCCCCCCCCCCCCCCCCNC(=O)OCC(CCC)COP(=O)(O)OCCCCC[n+]1ccc(N(C)C)cc1. The molecule has 47 heavy (non-hydrogen) atoms. The predicted molar refractivity (Wildman–Crippen MR) is 194 cm³/mol. The third kappa shape index (κ3) is 25.9. The standard InChI is InChI=1S/C37H70N3O6P/c1-5-7-8-9-10-11-12-13-14-15-16-17-18-19-20-22-28-38-37(41)44-33-35(25-6-2)34-46-47(42,43)45-32-24-21-23-29-40-30-26-36(27-31-40)39(3)4/h26-27,30-31,35H,5-25,28-29,32-34H2,1-4H3,(H-,38,41,42,43)/p+1. The number of hydrogen-bond acceptors (Lipinski definition) is 6. The molecule has 9 nitrogen and oxygen atoms in total. The van der Waals surface area contributed by atoms with E-state index >= 15 is 0 Å². The summed E-state index contributed by atoms with van der Waals surface area (Å²) in [6, 6.07) is 4.16. The maximum absolute atomic E-state index is 12.4. The van der Waals surface area contributed by atoms with Crippen LogP contribution in [-0.2, 0) is 24.9 Å². The molecule has 0 radical (unpaired) electrons. The Kier molecular flexibility index (Phi) is 27.0. The smallest absolute Gasteiger partial charge is 0.449 e. The van der Waals surface area contributed by atoms with Gasteiger partial charge >= 0.3 is 13.9 Å². The number of phosphoric ester groups is 1. The highest BCUT2D eigenvalue weighted by Gasteiger charge is 2.23. The summed E-state index contributed by atoms with van der Waals surface area (Å²) in [6.07, 6.45) is 28.9. The van der Waals surface area contributed by atoms with E-state index in [1.54, 1.807) is 0 Å². The number of amides is 1. The van der Waals surface area contributed by atoms with Crippen LogP contribution < -0.4 is 14.8 Å². The molecule has 0 fully saturated rings. The Bertz CT molecular complexity index is 918. The molecule has 1 rings (SSSR count). The number of aromatic nitrogens is 1. The van der Waals surface area contributed by atoms with Crippen LogP contribution in [0.15, 0.2) is 24.5 Å². The fraction of sp³-hybridized carbons (Fsp3) is 0.838. The van der Waals surface area contributed by atoms with Gasteiger partial charge in [-0.3, -0.25) is 9.05 Å². The van der Waals surface area contributed by atoms with Gasteiger partial charge in [0.2, 0.25) is 0 Å². The van der Waals surface area contributed by atoms with Crippen LogP contribution in [0, 0.1) is 5.92 Å². The summed E-state index contributed by atoms with van der Waals surface area (Å²) in [7, 11) is -0.120. The highest BCUT2D eigenvalue weighted by molar-refractivity contribution is 7.47. The number of aryl methyl sites for hydroxylation is 1. The van der Waals surface area contributed by atoms with Gasteiger partial charge in [0.1, 0.15) is 6.54 Å². The lowest BCUT2D eigenvalue weighted by molar-refractivity contribution is -0.697. The van der Waals surface area contributed by atoms with Crippen molar-refractivity contribution in [2.75, 3.05) is 45.4 Å². The van der Waals surface area contributed by atoms with Crippen LogP contribution in [0.3, 0.4) is 0 Å². The highest BCUT2D eigenvalue weighted by atomic mass is 31.2. The minimum atomic E-state index is -4.15. The average molecular weight is 685 g/mol. The summed E-state index contributed by atoms with van der Waals surface area (Å²) < 4.78 is 30.3. The number of pyridine rings is 1. The van der Waals surface area contributed by atoms with Gasteiger partial charge < -0.3 is 19.8 Å². The normalized spacial score (nSPS) is 13.3. The van der Waals surface area contributed by atoms with Crippen molar-refractivity contribution in [2.24, 2.45) is 5.92 Å². The molecule has 274 valence electrons. The molecule has 0 aliphatic rings. The molecule has 0 aliphatic carbocycles. The summed E-state index contributed by atoms with van der Waals surface area (Å²) in [5.41, 5.74) is 1.16. The number of phosphoric acid groups is 1. The second-order valence-electron chi connectivity index (χ2n) is 13.3. The van der Waals surface area contributed by atoms with Crippen LogP contribution >= 0.6 is 7.82 Å². The van der Waals surface area contributed by atoms with E-state index in [-0.39, 0.29) is 25.7 Å². The zero-order valence-electron chi connectivity index (χ0n) is 30.6. The van der Waals surface area contributed by atoms with E-state index in [1.165, 1.54) is 89.9 Å². The van der Waals surface area contributed by atoms with E-state index in [9.17, 15) is 14.3 Å². The van der Waals surface area contributed by atoms with Crippen molar-refractivity contribution in [3.8, 4) is 0 Å². The molecule has 10 heteroatoms. The van der Waals surface area contributed by atoms with Crippen molar-refractivity contribution in [3.05, 3.63) is 24.5 Å². The van der Waals surface area contributed by atoms with Crippen molar-refractivity contribution in [2.45, 2.75) is 155 Å². The van der Waals surface area contributed by atoms with Crippen molar-refractivity contribution in [1.82, 2.24) is 5.32 Å². The summed E-state index contributed by atoms with van der Waals surface area (Å²) in [5, 5.41) is 2.83. The third-order valence-electron chi connectivity index (χ3n) is 8.63. The quantitative estimate of drug-likeness (QED) is 0.0443. The van der Waals surface area contributed by atoms with Gasteiger partial charge in [-0.05, 0) is 25.7 Å². The molecule has 2 N–H and O–H groups in total. The number of nitrogens with zero attached hydrogens (tertiary/aromatic N) is 2. The van der Waals surface area contributed by atoms with Crippen LogP contribution in [0.5, 0.6) is 0 Å². The molecule has 0 bridgehead atoms. The Morgan fingerprint density at radius 1 is 0.766 bits per heavy atom. The zero-order chi connectivity index (χ0) is 34.4. The Morgan fingerprint density at radius 3 is 1.83 bits per heavy atom. The van der Waals surface area contributed by atoms with Gasteiger partial charge in [0, 0.05) is 50.8 Å². The summed E-state index contributed by atoms with van der Waals surface area (Å²) in [5.74, 6) is -0.165. The predicted octanol–water partition coefficient (Wildman–Crippen LogP) is 9.75. The second-order valence-corrected chi connectivity index (χ2v) is 14.8. The number of carbonyl (C=O) groups is 1. The number of rotatable bonds is 32. The van der Waals surface area contributed by atoms with Gasteiger partial charge in [-0.2, -0.15) is 0 Å². The first-order valence-corrected chi connectivity index (χ1v) is 20.5. The van der Waals surface area contributed by atoms with Gasteiger partial charge in [0.05, 0.1) is 19.8 Å². The number of anilines is 1. The Hall–Kier alpha value is -1.67. The first-order valence-electron chi connectivity index (χ1n) is 19.0. The largest absolute Gasteiger partial charge is 0.472 e. The second kappa shape index (κ2) is 29.3. The van der Waals surface area contributed by atoms with Gasteiger partial charge in [0.15, 0.2) is 12.4 Å². The van der Waals surface area contributed by atoms with Gasteiger partial charge in [-0.25, -0.2) is 13.9 Å². The number of ether oxygens (including phenoxy) is 1. The van der Waals surface area contributed by atoms with Crippen LogP contribution in [0.2, 0.25) is 0 Å². The Labute approximate surface area is 288 Å². The van der Waals surface area contributed by atoms with Crippen LogP contribution in [0.1, 0.15) is 149 Å². The van der Waals surface area contributed by atoms with Gasteiger partial charge in [0.25, 0.3) is 0 Å². The van der Waals surface area contributed by atoms with Gasteiger partial charge in [-0.1, -0.05) is 117 Å². The fourth-order valence-corrected chi connectivity index (χ4v) is 6.45. The van der Waals surface area contributed by atoms with E-state index in [4.69, 9.17) is 13.8 Å². The average Bonchev–Trinajstić information content (AvgIpc) is 3.05. The van der Waals surface area contributed by atoms with Gasteiger partial charge in [-0.15, -0.1) is 0 Å². The summed E-state index contributed by atoms with van der Waals surface area (Å²) in [4.78, 5) is 24.3. The number of alkyl carbamates (subject to hydrolysis) is 1. The Balaban J connectivity index is 2.01. The summed E-state index contributed by atoms with van der Waals surface area (Å²) in [6.45, 7) is 6.09. The van der Waals surface area contributed by atoms with E-state index in [2.05, 4.69) is 46.2 Å². The van der Waals surface area contributed by atoms with E-state index in [1.807, 2.05) is 21.0 Å². The highest BCUT2D eigenvalue weighted by Crippen LogP contribution is 2.44. The Morgan fingerprint density at radius 2 is 1.30 bits per heavy atom. The van der Waals surface area contributed by atoms with Crippen LogP contribution in [0.4, 0.5) is 10.5 Å². The topological polar surface area (TPSA) is 101 Å².